The minimum Gasteiger partial charge on any atom is -0.496 e. The van der Waals surface area contributed by atoms with E-state index >= 15 is 0 Å². The highest BCUT2D eigenvalue weighted by Gasteiger charge is 2.21. The number of thiophene rings is 1. The third kappa shape index (κ3) is 3.06. The Bertz CT molecular complexity index is 659. The lowest BCUT2D eigenvalue weighted by Gasteiger charge is -2.13. The number of rotatable bonds is 5. The van der Waals surface area contributed by atoms with Crippen LogP contribution in [0.25, 0.3) is 0 Å². The number of hydrogen-bond donors (Lipinski definition) is 0. The molecule has 1 heterocycles. The fraction of sp³-hybridized carbons (Fsp3) is 0.267. The Morgan fingerprint density at radius 3 is 2.05 bits per heavy atom. The molecule has 2 rings (SSSR count). The lowest BCUT2D eigenvalue weighted by molar-refractivity contribution is 0.103. The van der Waals surface area contributed by atoms with Gasteiger partial charge in [0, 0.05) is 15.4 Å². The summed E-state index contributed by atoms with van der Waals surface area (Å²) in [6.45, 7) is 1.96. The molecule has 21 heavy (non-hydrogen) atoms. The van der Waals surface area contributed by atoms with E-state index in [9.17, 15) is 4.79 Å². The highest BCUT2D eigenvalue weighted by Crippen LogP contribution is 2.37. The summed E-state index contributed by atoms with van der Waals surface area (Å²) in [5.41, 5.74) is 0.448. The third-order valence-corrected chi connectivity index (χ3v) is 5.17. The van der Waals surface area contributed by atoms with Crippen molar-refractivity contribution in [2.75, 3.05) is 21.3 Å². The first-order valence-electron chi connectivity index (χ1n) is 6.12. The normalized spacial score (nSPS) is 10.3. The fourth-order valence-corrected chi connectivity index (χ4v) is 3.40. The SMILES string of the molecule is COc1cc(OC)c(C(=O)c2cc(Br)c(C)s2)cc1OC. The molecule has 0 radical (unpaired) electrons. The molecule has 0 bridgehead atoms. The summed E-state index contributed by atoms with van der Waals surface area (Å²) >= 11 is 4.86. The van der Waals surface area contributed by atoms with E-state index in [2.05, 4.69) is 15.9 Å². The number of carbonyl (C=O) groups is 1. The predicted molar refractivity (Wildman–Crippen MR) is 86.3 cm³/mol. The van der Waals surface area contributed by atoms with Gasteiger partial charge in [-0.2, -0.15) is 0 Å². The minimum atomic E-state index is -0.105. The fourth-order valence-electron chi connectivity index (χ4n) is 1.91. The molecule has 112 valence electrons. The van der Waals surface area contributed by atoms with E-state index < -0.39 is 0 Å². The molecule has 0 aliphatic rings. The maximum Gasteiger partial charge on any atom is 0.206 e. The van der Waals surface area contributed by atoms with E-state index in [0.29, 0.717) is 27.7 Å². The van der Waals surface area contributed by atoms with Gasteiger partial charge in [-0.1, -0.05) is 0 Å². The van der Waals surface area contributed by atoms with E-state index in [4.69, 9.17) is 14.2 Å². The van der Waals surface area contributed by atoms with E-state index in [0.717, 1.165) is 9.35 Å². The zero-order chi connectivity index (χ0) is 15.6. The number of halogens is 1. The van der Waals surface area contributed by atoms with Crippen LogP contribution in [0.3, 0.4) is 0 Å². The zero-order valence-corrected chi connectivity index (χ0v) is 14.6. The quantitative estimate of drug-likeness (QED) is 0.743. The summed E-state index contributed by atoms with van der Waals surface area (Å²) < 4.78 is 16.7. The largest absolute Gasteiger partial charge is 0.496 e. The first kappa shape index (κ1) is 15.9. The minimum absolute atomic E-state index is 0.105. The third-order valence-electron chi connectivity index (χ3n) is 3.03. The number of hydrogen-bond acceptors (Lipinski definition) is 5. The van der Waals surface area contributed by atoms with Crippen LogP contribution in [0.15, 0.2) is 22.7 Å². The smallest absolute Gasteiger partial charge is 0.206 e. The molecule has 0 aliphatic carbocycles. The van der Waals surface area contributed by atoms with E-state index in [1.807, 2.05) is 13.0 Å². The summed E-state index contributed by atoms with van der Waals surface area (Å²) in [6, 6.07) is 5.11. The van der Waals surface area contributed by atoms with E-state index in [1.165, 1.54) is 25.6 Å². The van der Waals surface area contributed by atoms with E-state index in [1.54, 1.807) is 19.2 Å². The van der Waals surface area contributed by atoms with Crippen LogP contribution in [0.2, 0.25) is 0 Å². The Hall–Kier alpha value is -1.53. The van der Waals surface area contributed by atoms with Crippen molar-refractivity contribution in [2.45, 2.75) is 6.92 Å². The molecular weight excluding hydrogens is 356 g/mol. The van der Waals surface area contributed by atoms with Crippen molar-refractivity contribution >= 4 is 33.0 Å². The zero-order valence-electron chi connectivity index (χ0n) is 12.2. The van der Waals surface area contributed by atoms with Gasteiger partial charge in [0.15, 0.2) is 11.5 Å². The number of methoxy groups -OCH3 is 3. The number of aryl methyl sites for hydroxylation is 1. The monoisotopic (exact) mass is 370 g/mol. The molecule has 2 aromatic rings. The number of ether oxygens (including phenoxy) is 3. The van der Waals surface area contributed by atoms with Crippen molar-refractivity contribution in [1.82, 2.24) is 0 Å². The summed E-state index contributed by atoms with van der Waals surface area (Å²) in [5, 5.41) is 0. The van der Waals surface area contributed by atoms with Gasteiger partial charge in [0.25, 0.3) is 0 Å². The second-order valence-electron chi connectivity index (χ2n) is 4.25. The predicted octanol–water partition coefficient (Wildman–Crippen LogP) is 4.08. The average Bonchev–Trinajstić information content (AvgIpc) is 2.84. The van der Waals surface area contributed by atoms with Crippen LogP contribution >= 0.6 is 27.3 Å². The average molecular weight is 371 g/mol. The van der Waals surface area contributed by atoms with Crippen LogP contribution in [0.1, 0.15) is 20.1 Å². The van der Waals surface area contributed by atoms with Crippen LogP contribution in [-0.4, -0.2) is 27.1 Å². The Kier molecular flexibility index (Phi) is 4.90. The molecule has 0 saturated carbocycles. The van der Waals surface area contributed by atoms with Crippen molar-refractivity contribution in [3.63, 3.8) is 0 Å². The van der Waals surface area contributed by atoms with Crippen molar-refractivity contribution < 1.29 is 19.0 Å². The molecule has 1 aromatic heterocycles. The number of benzene rings is 1. The second kappa shape index (κ2) is 6.49. The van der Waals surface area contributed by atoms with Gasteiger partial charge in [-0.15, -0.1) is 11.3 Å². The van der Waals surface area contributed by atoms with Crippen molar-refractivity contribution in [1.29, 1.82) is 0 Å². The van der Waals surface area contributed by atoms with Gasteiger partial charge < -0.3 is 14.2 Å². The van der Waals surface area contributed by atoms with Crippen LogP contribution in [0.4, 0.5) is 0 Å². The Morgan fingerprint density at radius 2 is 1.57 bits per heavy atom. The lowest BCUT2D eigenvalue weighted by Crippen LogP contribution is -2.04. The first-order chi connectivity index (χ1) is 10.0. The van der Waals surface area contributed by atoms with Gasteiger partial charge in [-0.3, -0.25) is 4.79 Å². The molecule has 0 amide bonds. The van der Waals surface area contributed by atoms with Crippen molar-refractivity contribution in [3.8, 4) is 17.2 Å². The van der Waals surface area contributed by atoms with Gasteiger partial charge in [0.1, 0.15) is 5.75 Å². The topological polar surface area (TPSA) is 44.8 Å². The standard InChI is InChI=1S/C15H15BrO4S/c1-8-10(16)6-14(21-8)15(17)9-5-12(19-3)13(20-4)7-11(9)18-2/h5-7H,1-4H3. The molecule has 1 aromatic carbocycles. The maximum absolute atomic E-state index is 12.7. The van der Waals surface area contributed by atoms with Crippen molar-refractivity contribution in [2.24, 2.45) is 0 Å². The second-order valence-corrected chi connectivity index (χ2v) is 6.36. The Morgan fingerprint density at radius 1 is 1.00 bits per heavy atom. The Balaban J connectivity index is 2.53. The lowest BCUT2D eigenvalue weighted by atomic mass is 10.1. The van der Waals surface area contributed by atoms with Crippen LogP contribution < -0.4 is 14.2 Å². The molecule has 0 spiro atoms. The maximum atomic E-state index is 12.7. The van der Waals surface area contributed by atoms with Crippen LogP contribution in [-0.2, 0) is 0 Å². The molecule has 4 nitrogen and oxygen atoms in total. The molecular formula is C15H15BrO4S. The molecule has 0 fully saturated rings. The molecule has 0 unspecified atom stereocenters. The van der Waals surface area contributed by atoms with Gasteiger partial charge in [0.05, 0.1) is 31.8 Å². The molecule has 0 saturated heterocycles. The van der Waals surface area contributed by atoms with Gasteiger partial charge in [-0.25, -0.2) is 0 Å². The number of carbonyl (C=O) groups excluding carboxylic acids is 1. The van der Waals surface area contributed by atoms with Gasteiger partial charge in [-0.05, 0) is 35.0 Å². The molecule has 0 aliphatic heterocycles. The van der Waals surface area contributed by atoms with Gasteiger partial charge >= 0.3 is 0 Å². The van der Waals surface area contributed by atoms with E-state index in [-0.39, 0.29) is 5.78 Å². The van der Waals surface area contributed by atoms with Crippen LogP contribution in [0.5, 0.6) is 17.2 Å². The number of ketones is 1. The van der Waals surface area contributed by atoms with Gasteiger partial charge in [0.2, 0.25) is 5.78 Å². The molecule has 0 N–H and O–H groups in total. The molecule has 0 atom stereocenters. The van der Waals surface area contributed by atoms with Crippen LogP contribution in [0, 0.1) is 6.92 Å². The summed E-state index contributed by atoms with van der Waals surface area (Å²) in [6.07, 6.45) is 0. The summed E-state index contributed by atoms with van der Waals surface area (Å²) in [7, 11) is 4.59. The van der Waals surface area contributed by atoms with Crippen molar-refractivity contribution in [3.05, 3.63) is 38.0 Å². The summed E-state index contributed by atoms with van der Waals surface area (Å²) in [5.74, 6) is 1.37. The molecule has 6 heteroatoms. The highest BCUT2D eigenvalue weighted by atomic mass is 79.9. The highest BCUT2D eigenvalue weighted by molar-refractivity contribution is 9.10. The Labute approximate surface area is 135 Å². The summed E-state index contributed by atoms with van der Waals surface area (Å²) in [4.78, 5) is 14.4. The first-order valence-corrected chi connectivity index (χ1v) is 7.73.